The van der Waals surface area contributed by atoms with Gasteiger partial charge in [0.1, 0.15) is 6.10 Å². The minimum absolute atomic E-state index is 0.105. The predicted octanol–water partition coefficient (Wildman–Crippen LogP) is 0.929. The van der Waals surface area contributed by atoms with E-state index in [4.69, 9.17) is 9.26 Å². The molecule has 1 rings (SSSR count). The van der Waals surface area contributed by atoms with Crippen LogP contribution < -0.4 is 5.32 Å². The highest BCUT2D eigenvalue weighted by Gasteiger charge is 2.11. The zero-order valence-corrected chi connectivity index (χ0v) is 8.91. The summed E-state index contributed by atoms with van der Waals surface area (Å²) in [4.78, 5) is 4.21. The maximum Gasteiger partial charge on any atom is 0.228 e. The zero-order valence-electron chi connectivity index (χ0n) is 8.91. The highest BCUT2D eigenvalue weighted by atomic mass is 16.5. The fourth-order valence-electron chi connectivity index (χ4n) is 1.01. The Morgan fingerprint density at radius 2 is 2.36 bits per heavy atom. The van der Waals surface area contributed by atoms with Gasteiger partial charge >= 0.3 is 0 Å². The molecule has 5 heteroatoms. The van der Waals surface area contributed by atoms with Gasteiger partial charge in [0.05, 0.1) is 0 Å². The van der Waals surface area contributed by atoms with Crippen LogP contribution in [0.1, 0.15) is 31.7 Å². The van der Waals surface area contributed by atoms with Gasteiger partial charge in [-0.2, -0.15) is 4.98 Å². The predicted molar refractivity (Wildman–Crippen MR) is 52.0 cm³/mol. The SMILES string of the molecule is CCNCCc1nc(C(C)OC)no1. The van der Waals surface area contributed by atoms with Crippen LogP contribution in [0.15, 0.2) is 4.52 Å². The van der Waals surface area contributed by atoms with E-state index in [-0.39, 0.29) is 6.10 Å². The lowest BCUT2D eigenvalue weighted by molar-refractivity contribution is 0.109. The molecule has 14 heavy (non-hydrogen) atoms. The van der Waals surface area contributed by atoms with E-state index in [1.54, 1.807) is 7.11 Å². The molecule has 0 aliphatic heterocycles. The molecular formula is C9H17N3O2. The summed E-state index contributed by atoms with van der Waals surface area (Å²) >= 11 is 0. The molecule has 0 saturated heterocycles. The molecule has 0 saturated carbocycles. The fraction of sp³-hybridized carbons (Fsp3) is 0.778. The van der Waals surface area contributed by atoms with Gasteiger partial charge in [-0.1, -0.05) is 12.1 Å². The lowest BCUT2D eigenvalue weighted by atomic mass is 10.4. The molecule has 0 radical (unpaired) electrons. The largest absolute Gasteiger partial charge is 0.374 e. The van der Waals surface area contributed by atoms with Gasteiger partial charge in [-0.3, -0.25) is 0 Å². The van der Waals surface area contributed by atoms with E-state index >= 15 is 0 Å². The fourth-order valence-corrected chi connectivity index (χ4v) is 1.01. The monoisotopic (exact) mass is 199 g/mol. The van der Waals surface area contributed by atoms with Crippen molar-refractivity contribution in [3.8, 4) is 0 Å². The summed E-state index contributed by atoms with van der Waals surface area (Å²) in [5.74, 6) is 1.27. The highest BCUT2D eigenvalue weighted by molar-refractivity contribution is 4.90. The number of ether oxygens (including phenoxy) is 1. The molecule has 0 bridgehead atoms. The molecule has 0 spiro atoms. The van der Waals surface area contributed by atoms with E-state index in [2.05, 4.69) is 22.4 Å². The van der Waals surface area contributed by atoms with Crippen molar-refractivity contribution < 1.29 is 9.26 Å². The van der Waals surface area contributed by atoms with E-state index in [1.165, 1.54) is 0 Å². The Labute approximate surface area is 83.8 Å². The number of hydrogen-bond acceptors (Lipinski definition) is 5. The summed E-state index contributed by atoms with van der Waals surface area (Å²) in [6.07, 6.45) is 0.656. The van der Waals surface area contributed by atoms with Gasteiger partial charge in [0.2, 0.25) is 5.89 Å². The van der Waals surface area contributed by atoms with E-state index in [1.807, 2.05) is 6.92 Å². The van der Waals surface area contributed by atoms with Crippen molar-refractivity contribution >= 4 is 0 Å². The summed E-state index contributed by atoms with van der Waals surface area (Å²) < 4.78 is 10.1. The standard InChI is InChI=1S/C9H17N3O2/c1-4-10-6-5-8-11-9(12-14-8)7(2)13-3/h7,10H,4-6H2,1-3H3. The number of aromatic nitrogens is 2. The molecule has 0 fully saturated rings. The summed E-state index contributed by atoms with van der Waals surface area (Å²) in [5.41, 5.74) is 0. The third kappa shape index (κ3) is 3.08. The zero-order chi connectivity index (χ0) is 10.4. The Morgan fingerprint density at radius 3 is 3.00 bits per heavy atom. The molecule has 1 unspecified atom stereocenters. The summed E-state index contributed by atoms with van der Waals surface area (Å²) in [6, 6.07) is 0. The van der Waals surface area contributed by atoms with Crippen molar-refractivity contribution in [2.45, 2.75) is 26.4 Å². The van der Waals surface area contributed by atoms with Crippen molar-refractivity contribution in [1.29, 1.82) is 0 Å². The van der Waals surface area contributed by atoms with Crippen LogP contribution in [0.3, 0.4) is 0 Å². The molecule has 1 aromatic heterocycles. The van der Waals surface area contributed by atoms with Gasteiger partial charge in [-0.15, -0.1) is 0 Å². The van der Waals surface area contributed by atoms with Crippen LogP contribution in [0.25, 0.3) is 0 Å². The van der Waals surface area contributed by atoms with E-state index in [0.717, 1.165) is 19.5 Å². The molecule has 1 N–H and O–H groups in total. The Hall–Kier alpha value is -0.940. The Morgan fingerprint density at radius 1 is 1.57 bits per heavy atom. The number of nitrogens with zero attached hydrogens (tertiary/aromatic N) is 2. The first-order chi connectivity index (χ1) is 6.77. The van der Waals surface area contributed by atoms with Gasteiger partial charge in [0.15, 0.2) is 5.82 Å². The first-order valence-electron chi connectivity index (χ1n) is 4.84. The van der Waals surface area contributed by atoms with E-state index in [0.29, 0.717) is 11.7 Å². The second-order valence-electron chi connectivity index (χ2n) is 3.03. The molecule has 0 amide bonds. The van der Waals surface area contributed by atoms with Crippen molar-refractivity contribution in [1.82, 2.24) is 15.5 Å². The van der Waals surface area contributed by atoms with E-state index in [9.17, 15) is 0 Å². The van der Waals surface area contributed by atoms with Crippen LogP contribution in [-0.4, -0.2) is 30.3 Å². The van der Waals surface area contributed by atoms with Crippen LogP contribution >= 0.6 is 0 Å². The average molecular weight is 199 g/mol. The maximum absolute atomic E-state index is 5.07. The van der Waals surface area contributed by atoms with Crippen molar-refractivity contribution in [3.05, 3.63) is 11.7 Å². The quantitative estimate of drug-likeness (QED) is 0.690. The molecule has 1 atom stereocenters. The van der Waals surface area contributed by atoms with Crippen LogP contribution in [0, 0.1) is 0 Å². The van der Waals surface area contributed by atoms with E-state index < -0.39 is 0 Å². The lowest BCUT2D eigenvalue weighted by Gasteiger charge is -2.00. The first kappa shape index (κ1) is 11.1. The van der Waals surface area contributed by atoms with Crippen LogP contribution in [-0.2, 0) is 11.2 Å². The third-order valence-electron chi connectivity index (χ3n) is 1.97. The number of hydrogen-bond donors (Lipinski definition) is 1. The second-order valence-corrected chi connectivity index (χ2v) is 3.03. The number of nitrogens with one attached hydrogen (secondary N) is 1. The van der Waals surface area contributed by atoms with Gasteiger partial charge in [-0.25, -0.2) is 0 Å². The third-order valence-corrected chi connectivity index (χ3v) is 1.97. The number of rotatable bonds is 6. The Balaban J connectivity index is 2.42. The number of methoxy groups -OCH3 is 1. The van der Waals surface area contributed by atoms with Gasteiger partial charge in [0.25, 0.3) is 0 Å². The summed E-state index contributed by atoms with van der Waals surface area (Å²) in [7, 11) is 1.62. The highest BCUT2D eigenvalue weighted by Crippen LogP contribution is 2.11. The molecule has 80 valence electrons. The van der Waals surface area contributed by atoms with Crippen LogP contribution in [0.4, 0.5) is 0 Å². The van der Waals surface area contributed by atoms with Gasteiger partial charge in [-0.05, 0) is 13.5 Å². The van der Waals surface area contributed by atoms with Crippen molar-refractivity contribution in [3.63, 3.8) is 0 Å². The van der Waals surface area contributed by atoms with Crippen molar-refractivity contribution in [2.75, 3.05) is 20.2 Å². The molecule has 5 nitrogen and oxygen atoms in total. The minimum atomic E-state index is -0.105. The summed E-state index contributed by atoms with van der Waals surface area (Å²) in [6.45, 7) is 5.76. The van der Waals surface area contributed by atoms with Crippen LogP contribution in [0.2, 0.25) is 0 Å². The molecule has 1 aromatic rings. The normalized spacial score (nSPS) is 13.1. The molecule has 0 aliphatic carbocycles. The van der Waals surface area contributed by atoms with Crippen molar-refractivity contribution in [2.24, 2.45) is 0 Å². The Bertz CT molecular complexity index is 262. The molecule has 0 aliphatic rings. The first-order valence-corrected chi connectivity index (χ1v) is 4.84. The lowest BCUT2D eigenvalue weighted by Crippen LogP contribution is -2.16. The average Bonchev–Trinajstić information content (AvgIpc) is 2.66. The van der Waals surface area contributed by atoms with Gasteiger partial charge in [0, 0.05) is 20.1 Å². The smallest absolute Gasteiger partial charge is 0.228 e. The second kappa shape index (κ2) is 5.72. The van der Waals surface area contributed by atoms with Crippen LogP contribution in [0.5, 0.6) is 0 Å². The summed E-state index contributed by atoms with van der Waals surface area (Å²) in [5, 5.41) is 7.02. The topological polar surface area (TPSA) is 60.2 Å². The minimum Gasteiger partial charge on any atom is -0.374 e. The molecule has 1 heterocycles. The van der Waals surface area contributed by atoms with Gasteiger partial charge < -0.3 is 14.6 Å². The Kier molecular flexibility index (Phi) is 4.55. The number of likely N-dealkylation sites (N-methyl/N-ethyl adjacent to an activating group) is 1. The molecule has 0 aromatic carbocycles. The molecular weight excluding hydrogens is 182 g/mol. The maximum atomic E-state index is 5.07.